The molecule has 2 rings (SSSR count). The molecule has 0 unspecified atom stereocenters. The Morgan fingerprint density at radius 2 is 1.76 bits per heavy atom. The number of nitrogens with zero attached hydrogens (tertiary/aromatic N) is 2. The molecule has 2 aromatic rings. The fraction of sp³-hybridized carbons (Fsp3) is 0.0909. The van der Waals surface area contributed by atoms with E-state index in [9.17, 15) is 13.2 Å². The number of rotatable bonds is 1. The fourth-order valence-corrected chi connectivity index (χ4v) is 1.31. The zero-order valence-electron chi connectivity index (χ0n) is 8.57. The molecule has 0 saturated heterocycles. The predicted molar refractivity (Wildman–Crippen MR) is 56.9 cm³/mol. The molecule has 2 heterocycles. The number of hydrogen-bond donors (Lipinski definition) is 1. The summed E-state index contributed by atoms with van der Waals surface area (Å²) in [7, 11) is 0. The molecule has 0 spiro atoms. The van der Waals surface area contributed by atoms with Crippen LogP contribution in [0.15, 0.2) is 36.5 Å². The summed E-state index contributed by atoms with van der Waals surface area (Å²) in [5.74, 6) is 0.296. The van der Waals surface area contributed by atoms with Crippen LogP contribution in [0.25, 0.3) is 11.4 Å². The van der Waals surface area contributed by atoms with Crippen LogP contribution in [0.2, 0.25) is 0 Å². The van der Waals surface area contributed by atoms with Crippen LogP contribution in [0.4, 0.5) is 19.0 Å². The van der Waals surface area contributed by atoms with Crippen molar-refractivity contribution >= 4 is 5.82 Å². The maximum atomic E-state index is 12.3. The monoisotopic (exact) mass is 239 g/mol. The molecule has 0 amide bonds. The van der Waals surface area contributed by atoms with Gasteiger partial charge in [0.25, 0.3) is 0 Å². The Morgan fingerprint density at radius 3 is 2.29 bits per heavy atom. The maximum Gasteiger partial charge on any atom is 0.417 e. The average molecular weight is 239 g/mol. The molecule has 17 heavy (non-hydrogen) atoms. The van der Waals surface area contributed by atoms with E-state index in [0.29, 0.717) is 17.2 Å². The standard InChI is InChI=1S/C11H8F3N3/c12-11(13,14)7-4-5-8(16-6-7)9-2-1-3-10(15)17-9/h1-6H,(H2,15,17). The summed E-state index contributed by atoms with van der Waals surface area (Å²) >= 11 is 0. The molecule has 2 N–H and O–H groups in total. The van der Waals surface area contributed by atoms with Crippen molar-refractivity contribution in [2.75, 3.05) is 5.73 Å². The molecular formula is C11H8F3N3. The molecule has 0 aliphatic heterocycles. The highest BCUT2D eigenvalue weighted by atomic mass is 19.4. The quantitative estimate of drug-likeness (QED) is 0.832. The minimum Gasteiger partial charge on any atom is -0.384 e. The van der Waals surface area contributed by atoms with Crippen molar-refractivity contribution in [2.24, 2.45) is 0 Å². The van der Waals surface area contributed by atoms with Crippen molar-refractivity contribution in [2.45, 2.75) is 6.18 Å². The van der Waals surface area contributed by atoms with Crippen molar-refractivity contribution < 1.29 is 13.2 Å². The van der Waals surface area contributed by atoms with Crippen LogP contribution in [-0.4, -0.2) is 9.97 Å². The number of alkyl halides is 3. The number of pyridine rings is 2. The first-order valence-corrected chi connectivity index (χ1v) is 4.73. The number of nitrogens with two attached hydrogens (primary N) is 1. The number of nitrogen functional groups attached to an aromatic ring is 1. The van der Waals surface area contributed by atoms with Crippen molar-refractivity contribution in [3.8, 4) is 11.4 Å². The number of hydrogen-bond acceptors (Lipinski definition) is 3. The summed E-state index contributed by atoms with van der Waals surface area (Å²) in [5, 5.41) is 0. The molecule has 0 aliphatic carbocycles. The SMILES string of the molecule is Nc1cccc(-c2ccc(C(F)(F)F)cn2)n1. The van der Waals surface area contributed by atoms with Crippen molar-refractivity contribution in [1.29, 1.82) is 0 Å². The fourth-order valence-electron chi connectivity index (χ4n) is 1.31. The van der Waals surface area contributed by atoms with Gasteiger partial charge in [-0.1, -0.05) is 6.07 Å². The summed E-state index contributed by atoms with van der Waals surface area (Å²) in [5.41, 5.74) is 5.48. The highest BCUT2D eigenvalue weighted by Crippen LogP contribution is 2.29. The Labute approximate surface area is 95.1 Å². The van der Waals surface area contributed by atoms with Gasteiger partial charge in [0, 0.05) is 6.20 Å². The number of halogens is 3. The first kappa shape index (κ1) is 11.4. The van der Waals surface area contributed by atoms with Gasteiger partial charge >= 0.3 is 6.18 Å². The second-order valence-electron chi connectivity index (χ2n) is 3.38. The molecule has 88 valence electrons. The van der Waals surface area contributed by atoms with Gasteiger partial charge in [-0.2, -0.15) is 13.2 Å². The van der Waals surface area contributed by atoms with Crippen LogP contribution < -0.4 is 5.73 Å². The Kier molecular flexibility index (Phi) is 2.71. The first-order chi connectivity index (χ1) is 7.97. The molecule has 0 atom stereocenters. The minimum atomic E-state index is -4.38. The highest BCUT2D eigenvalue weighted by Gasteiger charge is 2.30. The lowest BCUT2D eigenvalue weighted by Gasteiger charge is -2.06. The van der Waals surface area contributed by atoms with Crippen LogP contribution in [0.3, 0.4) is 0 Å². The van der Waals surface area contributed by atoms with Gasteiger partial charge < -0.3 is 5.73 Å². The lowest BCUT2D eigenvalue weighted by molar-refractivity contribution is -0.137. The average Bonchev–Trinajstić information content (AvgIpc) is 2.28. The van der Waals surface area contributed by atoms with Gasteiger partial charge in [0.15, 0.2) is 0 Å². The van der Waals surface area contributed by atoms with Crippen LogP contribution in [0, 0.1) is 0 Å². The summed E-state index contributed by atoms with van der Waals surface area (Å²) < 4.78 is 36.9. The second kappa shape index (κ2) is 4.04. The molecule has 0 radical (unpaired) electrons. The molecule has 3 nitrogen and oxygen atoms in total. The van der Waals surface area contributed by atoms with Gasteiger partial charge in [0.1, 0.15) is 5.82 Å². The highest BCUT2D eigenvalue weighted by molar-refractivity contribution is 5.56. The van der Waals surface area contributed by atoms with E-state index in [1.54, 1.807) is 18.2 Å². The van der Waals surface area contributed by atoms with Gasteiger partial charge in [-0.25, -0.2) is 4.98 Å². The van der Waals surface area contributed by atoms with E-state index in [4.69, 9.17) is 5.73 Å². The van der Waals surface area contributed by atoms with Crippen LogP contribution >= 0.6 is 0 Å². The summed E-state index contributed by atoms with van der Waals surface area (Å²) in [6.07, 6.45) is -3.60. The van der Waals surface area contributed by atoms with E-state index in [-0.39, 0.29) is 0 Å². The third-order valence-electron chi connectivity index (χ3n) is 2.12. The Bertz CT molecular complexity index is 520. The Hall–Kier alpha value is -2.11. The molecule has 0 aromatic carbocycles. The topological polar surface area (TPSA) is 51.8 Å². The van der Waals surface area contributed by atoms with E-state index >= 15 is 0 Å². The lowest BCUT2D eigenvalue weighted by Crippen LogP contribution is -2.05. The van der Waals surface area contributed by atoms with E-state index in [1.165, 1.54) is 6.07 Å². The predicted octanol–water partition coefficient (Wildman–Crippen LogP) is 2.74. The van der Waals surface area contributed by atoms with Gasteiger partial charge in [0.05, 0.1) is 17.0 Å². The second-order valence-corrected chi connectivity index (χ2v) is 3.38. The molecule has 2 aromatic heterocycles. The molecule has 0 saturated carbocycles. The Morgan fingerprint density at radius 1 is 1.00 bits per heavy atom. The third-order valence-corrected chi connectivity index (χ3v) is 2.12. The van der Waals surface area contributed by atoms with Crippen molar-refractivity contribution in [3.63, 3.8) is 0 Å². The van der Waals surface area contributed by atoms with Crippen molar-refractivity contribution in [1.82, 2.24) is 9.97 Å². The number of anilines is 1. The van der Waals surface area contributed by atoms with Gasteiger partial charge in [-0.15, -0.1) is 0 Å². The minimum absolute atomic E-state index is 0.296. The zero-order chi connectivity index (χ0) is 12.5. The summed E-state index contributed by atoms with van der Waals surface area (Å²) in [4.78, 5) is 7.69. The Balaban J connectivity index is 2.36. The first-order valence-electron chi connectivity index (χ1n) is 4.73. The maximum absolute atomic E-state index is 12.3. The summed E-state index contributed by atoms with van der Waals surface area (Å²) in [6, 6.07) is 7.12. The lowest BCUT2D eigenvalue weighted by atomic mass is 10.2. The van der Waals surface area contributed by atoms with E-state index in [2.05, 4.69) is 9.97 Å². The van der Waals surface area contributed by atoms with Crippen LogP contribution in [0.1, 0.15) is 5.56 Å². The zero-order valence-corrected chi connectivity index (χ0v) is 8.57. The van der Waals surface area contributed by atoms with Crippen molar-refractivity contribution in [3.05, 3.63) is 42.1 Å². The molecule has 0 fully saturated rings. The van der Waals surface area contributed by atoms with Crippen LogP contribution in [-0.2, 0) is 6.18 Å². The molecule has 0 aliphatic rings. The molecule has 6 heteroatoms. The smallest absolute Gasteiger partial charge is 0.384 e. The number of aromatic nitrogens is 2. The summed E-state index contributed by atoms with van der Waals surface area (Å²) in [6.45, 7) is 0. The van der Waals surface area contributed by atoms with Gasteiger partial charge in [-0.3, -0.25) is 4.98 Å². The third kappa shape index (κ3) is 2.52. The van der Waals surface area contributed by atoms with Crippen LogP contribution in [0.5, 0.6) is 0 Å². The van der Waals surface area contributed by atoms with E-state index < -0.39 is 11.7 Å². The van der Waals surface area contributed by atoms with E-state index in [0.717, 1.165) is 12.3 Å². The van der Waals surface area contributed by atoms with Gasteiger partial charge in [-0.05, 0) is 24.3 Å². The molecular weight excluding hydrogens is 231 g/mol. The van der Waals surface area contributed by atoms with Gasteiger partial charge in [0.2, 0.25) is 0 Å². The molecule has 0 bridgehead atoms. The largest absolute Gasteiger partial charge is 0.417 e. The van der Waals surface area contributed by atoms with E-state index in [1.807, 2.05) is 0 Å². The normalized spacial score (nSPS) is 11.5.